The Balaban J connectivity index is 1.22. The fourth-order valence-corrected chi connectivity index (χ4v) is 8.22. The smallest absolute Gasteiger partial charge is 0.164 e. The second kappa shape index (κ2) is 12.6. The van der Waals surface area contributed by atoms with Crippen molar-refractivity contribution in [2.45, 2.75) is 12.5 Å². The first-order valence-corrected chi connectivity index (χ1v) is 17.9. The summed E-state index contributed by atoms with van der Waals surface area (Å²) in [4.78, 5) is 17.9. The highest BCUT2D eigenvalue weighted by atomic mass is 15.2. The number of rotatable bonds is 5. The monoisotopic (exact) mass is 666 g/mol. The Kier molecular flexibility index (Phi) is 7.31. The molecule has 2 aliphatic carbocycles. The van der Waals surface area contributed by atoms with Gasteiger partial charge in [-0.15, -0.1) is 0 Å². The molecule has 52 heavy (non-hydrogen) atoms. The molecule has 0 saturated heterocycles. The average molecular weight is 667 g/mol. The van der Waals surface area contributed by atoms with Crippen LogP contribution >= 0.6 is 0 Å². The van der Waals surface area contributed by atoms with E-state index >= 15 is 0 Å². The Labute approximate surface area is 303 Å². The number of hydrogen-bond acceptors (Lipinski definition) is 4. The first-order valence-electron chi connectivity index (χ1n) is 17.9. The molecule has 0 radical (unpaired) electrons. The number of aromatic nitrogens is 3. The molecule has 4 nitrogen and oxygen atoms in total. The van der Waals surface area contributed by atoms with Crippen molar-refractivity contribution in [2.24, 2.45) is 5.92 Å². The van der Waals surface area contributed by atoms with Crippen molar-refractivity contribution in [1.82, 2.24) is 15.0 Å². The highest BCUT2D eigenvalue weighted by Crippen LogP contribution is 2.49. The Hall–Kier alpha value is -6.65. The van der Waals surface area contributed by atoms with Gasteiger partial charge in [0.15, 0.2) is 17.5 Å². The predicted octanol–water partition coefficient (Wildman–Crippen LogP) is 11.4. The minimum absolute atomic E-state index is 0.219. The maximum atomic E-state index is 5.18. The summed E-state index contributed by atoms with van der Waals surface area (Å²) in [6, 6.07) is 49.2. The molecule has 4 heteroatoms. The molecule has 0 fully saturated rings. The molecule has 2 unspecified atom stereocenters. The van der Waals surface area contributed by atoms with Gasteiger partial charge in [-0.05, 0) is 56.5 Å². The van der Waals surface area contributed by atoms with Crippen LogP contribution in [-0.4, -0.2) is 21.0 Å². The molecule has 3 aliphatic rings. The van der Waals surface area contributed by atoms with Gasteiger partial charge in [0.2, 0.25) is 0 Å². The predicted molar refractivity (Wildman–Crippen MR) is 214 cm³/mol. The third-order valence-corrected chi connectivity index (χ3v) is 10.5. The van der Waals surface area contributed by atoms with Gasteiger partial charge in [0.1, 0.15) is 0 Å². The molecule has 0 saturated carbocycles. The highest BCUT2D eigenvalue weighted by molar-refractivity contribution is 6.16. The standard InChI is InChI=1S/C48H34N4/c1-4-17-32(18-5-1)46-49-47(33-19-6-2-7-20-33)51-48(50-46)42-31-41-36(35-23-10-11-24-37(35)42)27-16-28-38(41)39-25-12-15-30-44-45(39)40-26-13-14-29-43(40)52(44)34-21-8-3-9-22-34/h1-29,31,40,43H,30H2. The Bertz CT molecular complexity index is 2590. The third-order valence-electron chi connectivity index (χ3n) is 10.5. The van der Waals surface area contributed by atoms with Crippen molar-refractivity contribution >= 4 is 32.8 Å². The lowest BCUT2D eigenvalue weighted by Crippen LogP contribution is -2.32. The fraction of sp³-hybridized carbons (Fsp3) is 0.0625. The summed E-state index contributed by atoms with van der Waals surface area (Å²) >= 11 is 0. The number of allylic oxidation sites excluding steroid dienone is 6. The van der Waals surface area contributed by atoms with Crippen LogP contribution in [0, 0.1) is 5.92 Å². The molecule has 7 aromatic rings. The summed E-state index contributed by atoms with van der Waals surface area (Å²) in [7, 11) is 0. The molecule has 0 amide bonds. The van der Waals surface area contributed by atoms with Crippen molar-refractivity contribution in [3.63, 3.8) is 0 Å². The van der Waals surface area contributed by atoms with Crippen LogP contribution in [0.3, 0.4) is 0 Å². The number of benzene rings is 6. The first kappa shape index (κ1) is 30.2. The van der Waals surface area contributed by atoms with Crippen LogP contribution < -0.4 is 4.90 Å². The molecule has 0 spiro atoms. The van der Waals surface area contributed by atoms with Gasteiger partial charge in [-0.3, -0.25) is 0 Å². The molecule has 6 aromatic carbocycles. The largest absolute Gasteiger partial charge is 0.337 e. The molecule has 10 rings (SSSR count). The molecule has 0 bridgehead atoms. The Morgan fingerprint density at radius 3 is 1.83 bits per heavy atom. The van der Waals surface area contributed by atoms with Gasteiger partial charge in [-0.2, -0.15) is 0 Å². The second-order valence-electron chi connectivity index (χ2n) is 13.5. The van der Waals surface area contributed by atoms with Gasteiger partial charge in [0.05, 0.1) is 6.04 Å². The molecule has 1 aromatic heterocycles. The van der Waals surface area contributed by atoms with Crippen molar-refractivity contribution in [2.75, 3.05) is 4.90 Å². The quantitative estimate of drug-likeness (QED) is 0.172. The third kappa shape index (κ3) is 5.03. The zero-order valence-corrected chi connectivity index (χ0v) is 28.5. The molecule has 1 aliphatic heterocycles. The van der Waals surface area contributed by atoms with E-state index in [1.807, 2.05) is 36.4 Å². The van der Waals surface area contributed by atoms with E-state index in [4.69, 9.17) is 15.0 Å². The Morgan fingerprint density at radius 2 is 1.10 bits per heavy atom. The van der Waals surface area contributed by atoms with E-state index < -0.39 is 0 Å². The van der Waals surface area contributed by atoms with Crippen molar-refractivity contribution in [3.8, 4) is 34.2 Å². The van der Waals surface area contributed by atoms with E-state index in [0.29, 0.717) is 17.5 Å². The normalized spacial score (nSPS) is 17.7. The minimum Gasteiger partial charge on any atom is -0.337 e. The Morgan fingerprint density at radius 1 is 0.500 bits per heavy atom. The van der Waals surface area contributed by atoms with Gasteiger partial charge >= 0.3 is 0 Å². The highest BCUT2D eigenvalue weighted by Gasteiger charge is 2.41. The van der Waals surface area contributed by atoms with Gasteiger partial charge in [-0.1, -0.05) is 164 Å². The zero-order valence-electron chi connectivity index (χ0n) is 28.5. The summed E-state index contributed by atoms with van der Waals surface area (Å²) < 4.78 is 0. The molecule has 2 atom stereocenters. The lowest BCUT2D eigenvalue weighted by molar-refractivity contribution is 0.683. The molecule has 2 heterocycles. The lowest BCUT2D eigenvalue weighted by atomic mass is 9.82. The zero-order chi connectivity index (χ0) is 34.4. The lowest BCUT2D eigenvalue weighted by Gasteiger charge is -2.30. The molecular formula is C48H34N4. The van der Waals surface area contributed by atoms with E-state index in [9.17, 15) is 0 Å². The van der Waals surface area contributed by atoms with Gasteiger partial charge in [-0.25, -0.2) is 15.0 Å². The van der Waals surface area contributed by atoms with Crippen molar-refractivity contribution < 1.29 is 0 Å². The van der Waals surface area contributed by atoms with Crippen LogP contribution in [0.5, 0.6) is 0 Å². The fourth-order valence-electron chi connectivity index (χ4n) is 8.22. The summed E-state index contributed by atoms with van der Waals surface area (Å²) in [6.45, 7) is 0. The summed E-state index contributed by atoms with van der Waals surface area (Å²) in [6.07, 6.45) is 16.9. The number of nitrogens with zero attached hydrogens (tertiary/aromatic N) is 4. The summed E-state index contributed by atoms with van der Waals surface area (Å²) in [5, 5.41) is 4.68. The maximum Gasteiger partial charge on any atom is 0.164 e. The topological polar surface area (TPSA) is 41.9 Å². The SMILES string of the molecule is C1=CCC2=C(C(c3cccc4c3cc(-c3nc(-c5ccccc5)nc(-c5ccccc5)n3)c3ccccc34)=C1)C1C=CC=CC1N2c1ccccc1. The summed E-state index contributed by atoms with van der Waals surface area (Å²) in [5.74, 6) is 2.20. The summed E-state index contributed by atoms with van der Waals surface area (Å²) in [5.41, 5.74) is 9.33. The minimum atomic E-state index is 0.219. The van der Waals surface area contributed by atoms with Crippen LogP contribution in [0.15, 0.2) is 193 Å². The van der Waals surface area contributed by atoms with Crippen LogP contribution in [0.2, 0.25) is 0 Å². The van der Waals surface area contributed by atoms with E-state index in [0.717, 1.165) is 28.5 Å². The van der Waals surface area contributed by atoms with E-state index in [2.05, 4.69) is 151 Å². The molecular weight excluding hydrogens is 633 g/mol. The first-order chi connectivity index (χ1) is 25.8. The molecule has 246 valence electrons. The van der Waals surface area contributed by atoms with Gasteiger partial charge in [0.25, 0.3) is 0 Å². The van der Waals surface area contributed by atoms with Crippen LogP contribution in [-0.2, 0) is 0 Å². The number of para-hydroxylation sites is 1. The van der Waals surface area contributed by atoms with Crippen molar-refractivity contribution in [3.05, 3.63) is 199 Å². The average Bonchev–Trinajstić information content (AvgIpc) is 3.39. The number of fused-ring (bicyclic) bond motifs is 5. The van der Waals surface area contributed by atoms with E-state index in [-0.39, 0.29) is 12.0 Å². The van der Waals surface area contributed by atoms with Crippen LogP contribution in [0.1, 0.15) is 12.0 Å². The van der Waals surface area contributed by atoms with Crippen LogP contribution in [0.25, 0.3) is 61.3 Å². The maximum absolute atomic E-state index is 5.18. The number of anilines is 1. The number of hydrogen-bond donors (Lipinski definition) is 0. The van der Waals surface area contributed by atoms with Gasteiger partial charge < -0.3 is 4.90 Å². The van der Waals surface area contributed by atoms with Crippen molar-refractivity contribution in [1.29, 1.82) is 0 Å². The van der Waals surface area contributed by atoms with Crippen LogP contribution in [0.4, 0.5) is 5.69 Å². The van der Waals surface area contributed by atoms with E-state index in [1.165, 1.54) is 44.3 Å². The molecule has 0 N–H and O–H groups in total. The van der Waals surface area contributed by atoms with Gasteiger partial charge in [0, 0.05) is 40.4 Å². The van der Waals surface area contributed by atoms with E-state index in [1.54, 1.807) is 0 Å². The second-order valence-corrected chi connectivity index (χ2v) is 13.5.